The number of likely N-dealkylation sites (tertiary alicyclic amines) is 1. The van der Waals surface area contributed by atoms with Gasteiger partial charge in [0.2, 0.25) is 0 Å². The van der Waals surface area contributed by atoms with Gasteiger partial charge in [-0.3, -0.25) is 9.59 Å². The molecule has 2 rings (SSSR count). The van der Waals surface area contributed by atoms with Crippen LogP contribution in [0.25, 0.3) is 0 Å². The molecular formula is C19H24N2O4S. The SMILES string of the molecule is C=C/C=C1/CCN(C(=O)C(O)C(O)C(=O)NCCc2cccs2)CC1=C. The summed E-state index contributed by atoms with van der Waals surface area (Å²) in [6.45, 7) is 8.53. The van der Waals surface area contributed by atoms with Crippen LogP contribution in [0.15, 0.2) is 54.0 Å². The second-order valence-electron chi connectivity index (χ2n) is 6.05. The van der Waals surface area contributed by atoms with Crippen LogP contribution in [0.2, 0.25) is 0 Å². The summed E-state index contributed by atoms with van der Waals surface area (Å²) in [6, 6.07) is 3.87. The van der Waals surface area contributed by atoms with Crippen LogP contribution >= 0.6 is 11.3 Å². The molecule has 2 amide bonds. The summed E-state index contributed by atoms with van der Waals surface area (Å²) in [6.07, 6.45) is 1.13. The highest BCUT2D eigenvalue weighted by molar-refractivity contribution is 7.09. The van der Waals surface area contributed by atoms with Crippen molar-refractivity contribution in [3.8, 4) is 0 Å². The molecule has 1 aliphatic rings. The molecule has 1 fully saturated rings. The average molecular weight is 376 g/mol. The van der Waals surface area contributed by atoms with Crippen LogP contribution in [0.1, 0.15) is 11.3 Å². The van der Waals surface area contributed by atoms with Crippen molar-refractivity contribution in [1.29, 1.82) is 0 Å². The van der Waals surface area contributed by atoms with Crippen LogP contribution in [-0.4, -0.2) is 58.8 Å². The molecule has 1 saturated heterocycles. The molecule has 2 heterocycles. The van der Waals surface area contributed by atoms with E-state index in [0.717, 1.165) is 16.0 Å². The molecule has 140 valence electrons. The van der Waals surface area contributed by atoms with Crippen LogP contribution in [-0.2, 0) is 16.0 Å². The molecule has 7 heteroatoms. The van der Waals surface area contributed by atoms with E-state index >= 15 is 0 Å². The third-order valence-corrected chi connectivity index (χ3v) is 5.13. The third-order valence-electron chi connectivity index (χ3n) is 4.19. The largest absolute Gasteiger partial charge is 0.380 e. The number of aliphatic hydroxyl groups is 2. The molecule has 26 heavy (non-hydrogen) atoms. The zero-order valence-electron chi connectivity index (χ0n) is 14.6. The smallest absolute Gasteiger partial charge is 0.255 e. The highest BCUT2D eigenvalue weighted by atomic mass is 32.1. The normalized spacial score (nSPS) is 18.5. The molecule has 0 aliphatic carbocycles. The molecule has 1 aliphatic heterocycles. The highest BCUT2D eigenvalue weighted by Crippen LogP contribution is 2.21. The Morgan fingerprint density at radius 3 is 2.77 bits per heavy atom. The number of thiophene rings is 1. The number of nitrogens with zero attached hydrogens (tertiary/aromatic N) is 1. The minimum atomic E-state index is -1.80. The van der Waals surface area contributed by atoms with E-state index in [1.807, 2.05) is 23.6 Å². The number of hydrogen-bond acceptors (Lipinski definition) is 5. The van der Waals surface area contributed by atoms with Crippen molar-refractivity contribution in [1.82, 2.24) is 10.2 Å². The molecule has 0 spiro atoms. The minimum Gasteiger partial charge on any atom is -0.380 e. The van der Waals surface area contributed by atoms with Crippen molar-refractivity contribution < 1.29 is 19.8 Å². The Balaban J connectivity index is 1.84. The van der Waals surface area contributed by atoms with E-state index in [1.54, 1.807) is 17.4 Å². The second kappa shape index (κ2) is 9.47. The number of allylic oxidation sites excluding steroid dienone is 2. The summed E-state index contributed by atoms with van der Waals surface area (Å²) < 4.78 is 0. The Hall–Kier alpha value is -2.22. The minimum absolute atomic E-state index is 0.252. The van der Waals surface area contributed by atoms with Gasteiger partial charge in [0, 0.05) is 24.5 Å². The maximum absolute atomic E-state index is 12.4. The van der Waals surface area contributed by atoms with Gasteiger partial charge in [-0.15, -0.1) is 11.3 Å². The first-order chi connectivity index (χ1) is 12.4. The predicted octanol–water partition coefficient (Wildman–Crippen LogP) is 1.03. The van der Waals surface area contributed by atoms with Gasteiger partial charge in [-0.2, -0.15) is 0 Å². The zero-order valence-corrected chi connectivity index (χ0v) is 15.4. The number of carbonyl (C=O) groups excluding carboxylic acids is 2. The van der Waals surface area contributed by atoms with Crippen molar-refractivity contribution in [3.05, 3.63) is 58.8 Å². The van der Waals surface area contributed by atoms with Crippen molar-refractivity contribution in [2.24, 2.45) is 0 Å². The van der Waals surface area contributed by atoms with Gasteiger partial charge in [0.15, 0.2) is 12.2 Å². The summed E-state index contributed by atoms with van der Waals surface area (Å²) in [5, 5.41) is 24.6. The van der Waals surface area contributed by atoms with Crippen LogP contribution in [0.5, 0.6) is 0 Å². The lowest BCUT2D eigenvalue weighted by atomic mass is 9.98. The molecule has 0 aromatic carbocycles. The Morgan fingerprint density at radius 1 is 1.38 bits per heavy atom. The summed E-state index contributed by atoms with van der Waals surface area (Å²) in [7, 11) is 0. The molecule has 2 unspecified atom stereocenters. The first-order valence-corrected chi connectivity index (χ1v) is 9.26. The maximum Gasteiger partial charge on any atom is 0.255 e. The standard InChI is InChI=1S/C19H24N2O4S/c1-3-5-14-8-10-21(12-13(14)2)19(25)17(23)16(22)18(24)20-9-7-15-6-4-11-26-15/h3-6,11,16-17,22-23H,1-2,7-10,12H2,(H,20,24)/b14-5-. The van der Waals surface area contributed by atoms with Crippen molar-refractivity contribution in [2.45, 2.75) is 25.0 Å². The lowest BCUT2D eigenvalue weighted by molar-refractivity contribution is -0.153. The van der Waals surface area contributed by atoms with Crippen LogP contribution < -0.4 is 5.32 Å². The summed E-state index contributed by atoms with van der Waals surface area (Å²) >= 11 is 1.57. The van der Waals surface area contributed by atoms with Crippen molar-refractivity contribution in [2.75, 3.05) is 19.6 Å². The molecule has 6 nitrogen and oxygen atoms in total. The number of nitrogens with one attached hydrogen (secondary N) is 1. The fraction of sp³-hybridized carbons (Fsp3) is 0.368. The molecule has 0 saturated carbocycles. The maximum atomic E-state index is 12.4. The molecule has 1 aromatic heterocycles. The van der Waals surface area contributed by atoms with E-state index in [-0.39, 0.29) is 6.54 Å². The quantitative estimate of drug-likeness (QED) is 0.663. The zero-order chi connectivity index (χ0) is 19.1. The number of aliphatic hydroxyl groups excluding tert-OH is 2. The van der Waals surface area contributed by atoms with E-state index in [4.69, 9.17) is 0 Å². The number of piperidine rings is 1. The lowest BCUT2D eigenvalue weighted by Gasteiger charge is -2.32. The van der Waals surface area contributed by atoms with Gasteiger partial charge in [-0.1, -0.05) is 31.4 Å². The average Bonchev–Trinajstić information content (AvgIpc) is 3.15. The van der Waals surface area contributed by atoms with E-state index in [1.165, 1.54) is 4.90 Å². The summed E-state index contributed by atoms with van der Waals surface area (Å²) in [5.41, 5.74) is 1.76. The molecule has 0 bridgehead atoms. The molecule has 1 aromatic rings. The van der Waals surface area contributed by atoms with Gasteiger partial charge in [-0.05, 0) is 35.4 Å². The van der Waals surface area contributed by atoms with E-state index in [0.29, 0.717) is 25.9 Å². The number of hydrogen-bond donors (Lipinski definition) is 3. The van der Waals surface area contributed by atoms with Crippen LogP contribution in [0, 0.1) is 0 Å². The third kappa shape index (κ3) is 5.14. The Bertz CT molecular complexity index is 696. The number of amides is 2. The van der Waals surface area contributed by atoms with Crippen LogP contribution in [0.4, 0.5) is 0 Å². The van der Waals surface area contributed by atoms with Crippen molar-refractivity contribution in [3.63, 3.8) is 0 Å². The van der Waals surface area contributed by atoms with E-state index < -0.39 is 24.0 Å². The fourth-order valence-electron chi connectivity index (χ4n) is 2.71. The molecular weight excluding hydrogens is 352 g/mol. The van der Waals surface area contributed by atoms with Gasteiger partial charge in [0.1, 0.15) is 0 Å². The second-order valence-corrected chi connectivity index (χ2v) is 7.08. The number of rotatable bonds is 7. The lowest BCUT2D eigenvalue weighted by Crippen LogP contribution is -2.52. The monoisotopic (exact) mass is 376 g/mol. The van der Waals surface area contributed by atoms with Gasteiger partial charge in [-0.25, -0.2) is 0 Å². The molecule has 2 atom stereocenters. The topological polar surface area (TPSA) is 89.9 Å². The Labute approximate surface area is 157 Å². The Morgan fingerprint density at radius 2 is 2.15 bits per heavy atom. The molecule has 0 radical (unpaired) electrons. The summed E-state index contributed by atoms with van der Waals surface area (Å²) in [5.74, 6) is -1.44. The van der Waals surface area contributed by atoms with E-state index in [9.17, 15) is 19.8 Å². The van der Waals surface area contributed by atoms with E-state index in [2.05, 4.69) is 18.5 Å². The Kier molecular flexibility index (Phi) is 7.32. The first kappa shape index (κ1) is 20.1. The van der Waals surface area contributed by atoms with Gasteiger partial charge >= 0.3 is 0 Å². The summed E-state index contributed by atoms with van der Waals surface area (Å²) in [4.78, 5) is 26.8. The molecule has 3 N–H and O–H groups in total. The predicted molar refractivity (Wildman–Crippen MR) is 102 cm³/mol. The van der Waals surface area contributed by atoms with Gasteiger partial charge in [0.25, 0.3) is 11.8 Å². The van der Waals surface area contributed by atoms with Gasteiger partial charge in [0.05, 0.1) is 0 Å². The first-order valence-electron chi connectivity index (χ1n) is 8.38. The van der Waals surface area contributed by atoms with Gasteiger partial charge < -0.3 is 20.4 Å². The fourth-order valence-corrected chi connectivity index (χ4v) is 3.42. The van der Waals surface area contributed by atoms with Crippen LogP contribution in [0.3, 0.4) is 0 Å². The highest BCUT2D eigenvalue weighted by Gasteiger charge is 2.34. The van der Waals surface area contributed by atoms with Crippen molar-refractivity contribution >= 4 is 23.2 Å². The number of carbonyl (C=O) groups is 2.